The maximum atomic E-state index is 14.2. The Hall–Kier alpha value is -3.58. The van der Waals surface area contributed by atoms with Crippen molar-refractivity contribution in [3.8, 4) is 11.5 Å². The van der Waals surface area contributed by atoms with Crippen molar-refractivity contribution >= 4 is 39.0 Å². The Balaban J connectivity index is 1.65. The molecule has 3 aromatic carbocycles. The van der Waals surface area contributed by atoms with Gasteiger partial charge in [-0.25, -0.2) is 0 Å². The zero-order valence-electron chi connectivity index (χ0n) is 20.0. The van der Waals surface area contributed by atoms with Crippen molar-refractivity contribution in [1.82, 2.24) is 0 Å². The number of carbonyl (C=O) groups is 2. The summed E-state index contributed by atoms with van der Waals surface area (Å²) in [6.45, 7) is 4.34. The van der Waals surface area contributed by atoms with Crippen LogP contribution in [0.4, 0.5) is 11.4 Å². The van der Waals surface area contributed by atoms with Gasteiger partial charge in [-0.2, -0.15) is 0 Å². The van der Waals surface area contributed by atoms with Gasteiger partial charge in [0, 0.05) is 27.7 Å². The first kappa shape index (κ1) is 22.9. The molecule has 2 aliphatic heterocycles. The number of rotatable bonds is 2. The van der Waals surface area contributed by atoms with Crippen LogP contribution in [-0.2, 0) is 4.79 Å². The second-order valence-corrected chi connectivity index (χ2v) is 11.0. The highest BCUT2D eigenvalue weighted by atomic mass is 79.9. The minimum Gasteiger partial charge on any atom is -0.454 e. The molecule has 0 bridgehead atoms. The van der Waals surface area contributed by atoms with Crippen LogP contribution >= 0.6 is 15.9 Å². The van der Waals surface area contributed by atoms with Crippen LogP contribution < -0.4 is 19.7 Å². The van der Waals surface area contributed by atoms with E-state index < -0.39 is 6.04 Å². The zero-order chi connectivity index (χ0) is 25.0. The lowest BCUT2D eigenvalue weighted by Crippen LogP contribution is -2.39. The summed E-state index contributed by atoms with van der Waals surface area (Å²) >= 11 is 3.71. The highest BCUT2D eigenvalue weighted by Crippen LogP contribution is 2.51. The highest BCUT2D eigenvalue weighted by molar-refractivity contribution is 9.10. The van der Waals surface area contributed by atoms with Gasteiger partial charge in [0.1, 0.15) is 0 Å². The lowest BCUT2D eigenvalue weighted by molar-refractivity contribution is -0.118. The fourth-order valence-electron chi connectivity index (χ4n) is 5.37. The molecule has 7 heteroatoms. The molecule has 182 valence electrons. The lowest BCUT2D eigenvalue weighted by atomic mass is 9.73. The Labute approximate surface area is 218 Å². The maximum absolute atomic E-state index is 14.2. The first-order valence-electron chi connectivity index (χ1n) is 11.9. The van der Waals surface area contributed by atoms with Crippen molar-refractivity contribution in [1.29, 1.82) is 0 Å². The Bertz CT molecular complexity index is 1430. The molecule has 6 nitrogen and oxygen atoms in total. The van der Waals surface area contributed by atoms with Gasteiger partial charge in [0.25, 0.3) is 5.91 Å². The number of hydrogen-bond donors (Lipinski definition) is 1. The first-order valence-corrected chi connectivity index (χ1v) is 12.7. The molecule has 1 aliphatic carbocycles. The van der Waals surface area contributed by atoms with Crippen LogP contribution in [0.1, 0.15) is 48.7 Å². The number of fused-ring (bicyclic) bond motifs is 2. The second kappa shape index (κ2) is 8.52. The van der Waals surface area contributed by atoms with Crippen molar-refractivity contribution in [2.45, 2.75) is 32.7 Å². The van der Waals surface area contributed by atoms with Crippen molar-refractivity contribution in [2.24, 2.45) is 5.41 Å². The number of ether oxygens (including phenoxy) is 2. The predicted molar refractivity (Wildman–Crippen MR) is 141 cm³/mol. The van der Waals surface area contributed by atoms with Crippen molar-refractivity contribution in [3.63, 3.8) is 0 Å². The number of amides is 1. The molecule has 3 aliphatic rings. The van der Waals surface area contributed by atoms with E-state index in [1.807, 2.05) is 54.6 Å². The average Bonchev–Trinajstić information content (AvgIpc) is 3.24. The molecule has 1 amide bonds. The molecule has 3 aromatic rings. The molecule has 0 aromatic heterocycles. The number of nitrogens with one attached hydrogen (secondary N) is 1. The summed E-state index contributed by atoms with van der Waals surface area (Å²) in [5, 5.41) is 3.55. The van der Waals surface area contributed by atoms with Crippen molar-refractivity contribution < 1.29 is 19.1 Å². The molecule has 36 heavy (non-hydrogen) atoms. The third-order valence-electron chi connectivity index (χ3n) is 6.93. The Morgan fingerprint density at radius 1 is 1.00 bits per heavy atom. The van der Waals surface area contributed by atoms with Crippen molar-refractivity contribution in [2.75, 3.05) is 17.0 Å². The number of halogens is 1. The van der Waals surface area contributed by atoms with E-state index in [9.17, 15) is 9.59 Å². The van der Waals surface area contributed by atoms with Gasteiger partial charge in [-0.15, -0.1) is 0 Å². The van der Waals surface area contributed by atoms with Gasteiger partial charge < -0.3 is 14.8 Å². The molecule has 1 N–H and O–H groups in total. The van der Waals surface area contributed by atoms with E-state index in [0.717, 1.165) is 21.4 Å². The molecule has 0 radical (unpaired) electrons. The largest absolute Gasteiger partial charge is 0.454 e. The molecule has 0 saturated carbocycles. The first-order chi connectivity index (χ1) is 17.3. The Morgan fingerprint density at radius 2 is 1.69 bits per heavy atom. The average molecular weight is 545 g/mol. The zero-order valence-corrected chi connectivity index (χ0v) is 21.6. The standard InChI is InChI=1S/C29H25BrN2O4/c1-29(2)14-21-26(23(33)15-29)27(18-12-24-25(13-19(18)30)36-16-35-24)32(22-11-7-6-10-20(22)31-21)28(34)17-8-4-3-5-9-17/h3-13,27,31H,14-16H2,1-2H3. The quantitative estimate of drug-likeness (QED) is 0.392. The van der Waals surface area contributed by atoms with E-state index in [2.05, 4.69) is 35.1 Å². The SMILES string of the molecule is CC1(C)CC(=O)C2=C(C1)Nc1ccccc1N(C(=O)c1ccccc1)C2c1cc2c(cc1Br)OCO2. The summed E-state index contributed by atoms with van der Waals surface area (Å²) in [5.41, 5.74) is 4.06. The third-order valence-corrected chi connectivity index (χ3v) is 7.61. The van der Waals surface area contributed by atoms with Crippen LogP contribution in [0.5, 0.6) is 11.5 Å². The Morgan fingerprint density at radius 3 is 2.47 bits per heavy atom. The van der Waals surface area contributed by atoms with Gasteiger partial charge in [-0.1, -0.05) is 60.1 Å². The molecule has 1 atom stereocenters. The summed E-state index contributed by atoms with van der Waals surface area (Å²) in [6.07, 6.45) is 1.09. The van der Waals surface area contributed by atoms with E-state index in [1.165, 1.54) is 0 Å². The number of nitrogens with zero attached hydrogens (tertiary/aromatic N) is 1. The summed E-state index contributed by atoms with van der Waals surface area (Å²) in [6, 6.07) is 20.0. The fraction of sp³-hybridized carbons (Fsp3) is 0.241. The minimum atomic E-state index is -0.670. The maximum Gasteiger partial charge on any atom is 0.259 e. The number of para-hydroxylation sites is 2. The van der Waals surface area contributed by atoms with E-state index in [0.29, 0.717) is 41.2 Å². The van der Waals surface area contributed by atoms with Gasteiger partial charge >= 0.3 is 0 Å². The normalized spacial score (nSPS) is 19.8. The third kappa shape index (κ3) is 3.78. The minimum absolute atomic E-state index is 0.0296. The van der Waals surface area contributed by atoms with Crippen LogP contribution in [0.3, 0.4) is 0 Å². The Kier molecular flexibility index (Phi) is 5.41. The van der Waals surface area contributed by atoms with Gasteiger partial charge in [-0.05, 0) is 53.8 Å². The molecular formula is C29H25BrN2O4. The number of hydrogen-bond acceptors (Lipinski definition) is 5. The van der Waals surface area contributed by atoms with Gasteiger partial charge in [0.05, 0.1) is 17.4 Å². The predicted octanol–water partition coefficient (Wildman–Crippen LogP) is 6.63. The number of anilines is 2. The van der Waals surface area contributed by atoms with E-state index in [1.54, 1.807) is 17.0 Å². The summed E-state index contributed by atoms with van der Waals surface area (Å²) in [7, 11) is 0. The van der Waals surface area contributed by atoms with Crippen LogP contribution in [0.2, 0.25) is 0 Å². The molecule has 0 spiro atoms. The number of allylic oxidation sites excluding steroid dienone is 1. The molecule has 1 unspecified atom stereocenters. The topological polar surface area (TPSA) is 67.9 Å². The van der Waals surface area contributed by atoms with E-state index in [-0.39, 0.29) is 23.9 Å². The molecule has 6 rings (SSSR count). The molecule has 2 heterocycles. The fourth-order valence-corrected chi connectivity index (χ4v) is 5.91. The number of benzene rings is 3. The monoisotopic (exact) mass is 544 g/mol. The second-order valence-electron chi connectivity index (χ2n) is 10.1. The van der Waals surface area contributed by atoms with Crippen LogP contribution in [0.25, 0.3) is 0 Å². The van der Waals surface area contributed by atoms with Crippen molar-refractivity contribution in [3.05, 3.63) is 93.6 Å². The molecule has 0 fully saturated rings. The smallest absolute Gasteiger partial charge is 0.259 e. The van der Waals surface area contributed by atoms with Crippen LogP contribution in [0.15, 0.2) is 82.5 Å². The van der Waals surface area contributed by atoms with Gasteiger partial charge in [0.15, 0.2) is 17.3 Å². The van der Waals surface area contributed by atoms with Gasteiger partial charge in [0.2, 0.25) is 6.79 Å². The summed E-state index contributed by atoms with van der Waals surface area (Å²) in [4.78, 5) is 29.9. The number of ketones is 1. The molecular weight excluding hydrogens is 520 g/mol. The summed E-state index contributed by atoms with van der Waals surface area (Å²) in [5.74, 6) is 1.06. The molecule has 0 saturated heterocycles. The van der Waals surface area contributed by atoms with E-state index in [4.69, 9.17) is 9.47 Å². The van der Waals surface area contributed by atoms with Crippen LogP contribution in [0, 0.1) is 5.41 Å². The number of Topliss-reactive ketones (excluding diaryl/α,β-unsaturated/α-hetero) is 1. The summed E-state index contributed by atoms with van der Waals surface area (Å²) < 4.78 is 12.0. The number of carbonyl (C=O) groups excluding carboxylic acids is 2. The van der Waals surface area contributed by atoms with E-state index >= 15 is 0 Å². The lowest BCUT2D eigenvalue weighted by Gasteiger charge is -2.37. The highest BCUT2D eigenvalue weighted by Gasteiger charge is 2.44. The van der Waals surface area contributed by atoms with Crippen LogP contribution in [-0.4, -0.2) is 18.5 Å². The van der Waals surface area contributed by atoms with Gasteiger partial charge in [-0.3, -0.25) is 14.5 Å².